The number of aromatic nitrogens is 5. The van der Waals surface area contributed by atoms with E-state index in [1.54, 1.807) is 60.9 Å². The predicted octanol–water partition coefficient (Wildman–Crippen LogP) is 14.4. The molecule has 6 aromatic carbocycles. The second kappa shape index (κ2) is 37.1. The maximum atomic E-state index is 12.6. The summed E-state index contributed by atoms with van der Waals surface area (Å²) in [6, 6.07) is 48.9. The number of amides is 2. The summed E-state index contributed by atoms with van der Waals surface area (Å²) in [5.41, 5.74) is 14.9. The molecule has 0 atom stereocenters. The topological polar surface area (TPSA) is 314 Å². The van der Waals surface area contributed by atoms with Crippen molar-refractivity contribution < 1.29 is 43.7 Å². The Kier molecular flexibility index (Phi) is 28.7. The highest BCUT2D eigenvalue weighted by Crippen LogP contribution is 2.38. The van der Waals surface area contributed by atoms with Crippen molar-refractivity contribution in [3.05, 3.63) is 317 Å². The highest BCUT2D eigenvalue weighted by atomic mass is 79.9. The number of carbonyl (C=O) groups excluding carboxylic acids is 2. The Labute approximate surface area is 601 Å². The van der Waals surface area contributed by atoms with Crippen molar-refractivity contribution in [3.8, 4) is 45.6 Å². The number of carboxylic acids is 1. The molecule has 0 aliphatic heterocycles. The summed E-state index contributed by atoms with van der Waals surface area (Å²) >= 11 is 25.5. The van der Waals surface area contributed by atoms with Gasteiger partial charge in [-0.1, -0.05) is 77.3 Å². The molecular formula is C73H66BBr2Cl3N8O12. The van der Waals surface area contributed by atoms with Crippen molar-refractivity contribution in [2.24, 2.45) is 5.73 Å². The van der Waals surface area contributed by atoms with Gasteiger partial charge < -0.3 is 60.7 Å². The molecule has 0 unspecified atom stereocenters. The van der Waals surface area contributed by atoms with Gasteiger partial charge in [0, 0.05) is 94.9 Å². The molecule has 5 heterocycles. The van der Waals surface area contributed by atoms with Crippen molar-refractivity contribution in [2.75, 3.05) is 0 Å². The quantitative estimate of drug-likeness (QED) is 0.0406. The lowest BCUT2D eigenvalue weighted by molar-refractivity contribution is 0.0696. The fourth-order valence-corrected chi connectivity index (χ4v) is 10.7. The number of aromatic carboxylic acids is 1. The number of carbonyl (C=O) groups is 3. The summed E-state index contributed by atoms with van der Waals surface area (Å²) in [7, 11) is -1.38. The van der Waals surface area contributed by atoms with Crippen LogP contribution in [-0.4, -0.2) is 65.0 Å². The van der Waals surface area contributed by atoms with Crippen molar-refractivity contribution in [1.82, 2.24) is 35.6 Å². The number of carboxylic acid groups (broad SMARTS) is 1. The fraction of sp³-hybridized carbons (Fsp3) is 0.123. The molecule has 0 aliphatic rings. The van der Waals surface area contributed by atoms with Gasteiger partial charge in [-0.3, -0.25) is 33.9 Å². The number of rotatable bonds is 16. The molecule has 0 fully saturated rings. The number of pyridine rings is 5. The van der Waals surface area contributed by atoms with Crippen LogP contribution in [0.5, 0.6) is 34.5 Å². The molecule has 26 heteroatoms. The first-order valence-corrected chi connectivity index (χ1v) is 32.8. The smallest absolute Gasteiger partial charge is 0.478 e. The number of halogens is 5. The number of hydrogen-bond donors (Lipinski definition) is 9. The number of para-hydroxylation sites is 3. The van der Waals surface area contributed by atoms with E-state index < -0.39 is 13.1 Å². The maximum absolute atomic E-state index is 12.6. The van der Waals surface area contributed by atoms with E-state index in [0.29, 0.717) is 84.4 Å². The van der Waals surface area contributed by atoms with E-state index in [4.69, 9.17) is 69.9 Å². The lowest BCUT2D eigenvalue weighted by atomic mass is 9.81. The number of ether oxygens (including phenoxy) is 3. The van der Waals surface area contributed by atoms with E-state index >= 15 is 0 Å². The lowest BCUT2D eigenvalue weighted by Crippen LogP contribution is -2.29. The van der Waals surface area contributed by atoms with Gasteiger partial charge in [-0.25, -0.2) is 4.79 Å². The van der Waals surface area contributed by atoms with E-state index in [2.05, 4.69) is 67.4 Å². The van der Waals surface area contributed by atoms with E-state index in [-0.39, 0.29) is 52.2 Å². The third-order valence-corrected chi connectivity index (χ3v) is 16.5. The minimum atomic E-state index is -1.38. The molecule has 20 nitrogen and oxygen atoms in total. The van der Waals surface area contributed by atoms with Crippen LogP contribution in [-0.2, 0) is 19.6 Å². The van der Waals surface area contributed by atoms with E-state index in [1.807, 2.05) is 139 Å². The Morgan fingerprint density at radius 3 is 1.19 bits per heavy atom. The van der Waals surface area contributed by atoms with Gasteiger partial charge in [-0.05, 0) is 229 Å². The zero-order valence-electron chi connectivity index (χ0n) is 54.1. The Balaban J connectivity index is 0.000000187. The van der Waals surface area contributed by atoms with Gasteiger partial charge >= 0.3 is 13.1 Å². The Bertz CT molecular complexity index is 4840. The molecule has 10 N–H and O–H groups in total. The predicted molar refractivity (Wildman–Crippen MR) is 393 cm³/mol. The Morgan fingerprint density at radius 1 is 0.475 bits per heavy atom. The summed E-state index contributed by atoms with van der Waals surface area (Å²) < 4.78 is 19.1. The summed E-state index contributed by atoms with van der Waals surface area (Å²) in [5.74, 6) is 1.47. The van der Waals surface area contributed by atoms with Crippen LogP contribution >= 0.6 is 66.7 Å². The number of nitrogens with one attached hydrogen (secondary N) is 5. The van der Waals surface area contributed by atoms with Crippen molar-refractivity contribution >= 4 is 97.0 Å². The van der Waals surface area contributed by atoms with Crippen LogP contribution in [0, 0.1) is 41.5 Å². The molecule has 0 spiro atoms. The number of aromatic amines is 3. The van der Waals surface area contributed by atoms with Gasteiger partial charge in [0.25, 0.3) is 28.5 Å². The normalized spacial score (nSPS) is 10.3. The first-order valence-electron chi connectivity index (χ1n) is 30.0. The monoisotopic (exact) mass is 1520 g/mol. The molecule has 2 amide bonds. The van der Waals surface area contributed by atoms with Gasteiger partial charge in [-0.2, -0.15) is 0 Å². The third kappa shape index (κ3) is 22.5. The van der Waals surface area contributed by atoms with Gasteiger partial charge in [-0.15, -0.1) is 0 Å². The number of benzene rings is 6. The second-order valence-corrected chi connectivity index (χ2v) is 24.6. The van der Waals surface area contributed by atoms with Gasteiger partial charge in [0.2, 0.25) is 0 Å². The summed E-state index contributed by atoms with van der Waals surface area (Å²) in [6.07, 6.45) is 6.46. The number of aryl methyl sites for hydroxylation is 6. The lowest BCUT2D eigenvalue weighted by Gasteiger charge is -2.13. The summed E-state index contributed by atoms with van der Waals surface area (Å²) in [5, 5.41) is 32.3. The number of nitrogens with two attached hydrogens (primary N) is 1. The zero-order chi connectivity index (χ0) is 71.9. The molecule has 508 valence electrons. The minimum absolute atomic E-state index is 0.0648. The number of H-pyrrole nitrogens is 3. The molecule has 0 radical (unpaired) electrons. The number of hydrogen-bond acceptors (Lipinski definition) is 14. The van der Waals surface area contributed by atoms with Crippen LogP contribution < -0.4 is 52.7 Å². The Hall–Kier alpha value is -9.95. The highest BCUT2D eigenvalue weighted by Gasteiger charge is 2.17. The molecule has 0 aliphatic carbocycles. The third-order valence-electron chi connectivity index (χ3n) is 14.3. The average molecular weight is 1520 g/mol. The zero-order valence-corrected chi connectivity index (χ0v) is 59.5. The van der Waals surface area contributed by atoms with Crippen LogP contribution in [0.4, 0.5) is 0 Å². The summed E-state index contributed by atoms with van der Waals surface area (Å²) in [4.78, 5) is 87.2. The maximum Gasteiger partial charge on any atom is 0.488 e. The van der Waals surface area contributed by atoms with Crippen LogP contribution in [0.3, 0.4) is 0 Å². The van der Waals surface area contributed by atoms with Gasteiger partial charge in [0.15, 0.2) is 0 Å². The standard InChI is InChI=1S/C26H22ClN3O3.C21H18BrClN2O3.C13H8BrClO3.C8H12N2O.C5H6BNO2/c1-16-13-17(2)30-26(32)21(16)15-29-25(31)19-7-8-24(22(27)14-19)33-23-6-4-3-5-20(23)18-9-11-28-12-10-18;1-12-9-13(2)25-21(27)15(12)11-24-20(26)14-7-8-19(17(23)10-14)28-18-6-4-3-5-16(18)22;14-9-3-1-2-4-11(9)18-12-6-5-8(13(16)17)7-10(12)15;1-5-3-6(2)10-8(11)7(5)4-9;8-6(9)5-1-3-7-4-2-5/h3-14H,15H2,1-2H3,(H,29,31)(H,30,32);3-10H,11H2,1-2H3,(H,24,26)(H,25,27);1-7H,(H,16,17);3H,4,9H2,1-2H3,(H,10,11);1-4,8-9H. The highest BCUT2D eigenvalue weighted by molar-refractivity contribution is 9.11. The molecule has 0 saturated carbocycles. The average Bonchev–Trinajstić information content (AvgIpc) is 0.912. The molecule has 11 rings (SSSR count). The SMILES string of the molecule is Cc1cc(C)c(CN)c(=O)[nH]1.Cc1cc(C)c(CNC(=O)c2ccc(Oc3ccccc3-c3ccncc3)c(Cl)c2)c(=O)[nH]1.Cc1cc(C)c(CNC(=O)c2ccc(Oc3ccccc3Br)c(Cl)c2)c(=O)[nH]1.O=C(O)c1ccc(Oc2ccccc2Br)c(Cl)c1.OB(O)c1ccncc1. The second-order valence-electron chi connectivity index (χ2n) is 21.7. The van der Waals surface area contributed by atoms with E-state index in [1.165, 1.54) is 36.7 Å². The molecule has 99 heavy (non-hydrogen) atoms. The molecule has 5 aromatic heterocycles. The Morgan fingerprint density at radius 2 is 0.828 bits per heavy atom. The van der Waals surface area contributed by atoms with Crippen molar-refractivity contribution in [2.45, 2.75) is 61.2 Å². The first kappa shape index (κ1) is 76.4. The van der Waals surface area contributed by atoms with Crippen LogP contribution in [0.25, 0.3) is 11.1 Å². The fourth-order valence-electron chi connectivity index (χ4n) is 9.32. The first-order chi connectivity index (χ1) is 47.3. The van der Waals surface area contributed by atoms with Crippen LogP contribution in [0.15, 0.2) is 218 Å². The van der Waals surface area contributed by atoms with Crippen molar-refractivity contribution in [3.63, 3.8) is 0 Å². The minimum Gasteiger partial charge on any atom is -0.478 e. The van der Waals surface area contributed by atoms with Crippen LogP contribution in [0.2, 0.25) is 15.1 Å². The summed E-state index contributed by atoms with van der Waals surface area (Å²) in [6.45, 7) is 11.6. The molecule has 0 bridgehead atoms. The molecule has 0 saturated heterocycles. The molecular weight excluding hydrogens is 1460 g/mol. The largest absolute Gasteiger partial charge is 0.488 e. The van der Waals surface area contributed by atoms with Crippen molar-refractivity contribution in [1.29, 1.82) is 0 Å². The van der Waals surface area contributed by atoms with Crippen LogP contribution in [0.1, 0.15) is 81.5 Å². The number of nitrogens with zero attached hydrogens (tertiary/aromatic N) is 2. The van der Waals surface area contributed by atoms with E-state index in [0.717, 1.165) is 53.8 Å². The van der Waals surface area contributed by atoms with Gasteiger partial charge in [0.05, 0.1) is 29.6 Å². The van der Waals surface area contributed by atoms with Gasteiger partial charge in [0.1, 0.15) is 34.5 Å². The van der Waals surface area contributed by atoms with E-state index in [9.17, 15) is 28.8 Å². The molecule has 11 aromatic rings.